The molecule has 0 aliphatic carbocycles. The van der Waals surface area contributed by atoms with E-state index in [-0.39, 0.29) is 6.61 Å². The molecule has 6 amide bonds. The van der Waals surface area contributed by atoms with Gasteiger partial charge in [-0.05, 0) is 83.1 Å². The molecule has 0 bridgehead atoms. The van der Waals surface area contributed by atoms with Gasteiger partial charge in [-0.3, -0.25) is 38.5 Å². The molecule has 6 heterocycles. The Morgan fingerprint density at radius 1 is 0.526 bits per heavy atom. The lowest BCUT2D eigenvalue weighted by Gasteiger charge is -2.32. The maximum atomic E-state index is 13.9. The van der Waals surface area contributed by atoms with Crippen LogP contribution in [0.5, 0.6) is 0 Å². The summed E-state index contributed by atoms with van der Waals surface area (Å²) in [6.45, 7) is 18.9. The second kappa shape index (κ2) is 25.9. The second-order valence-corrected chi connectivity index (χ2v) is 21.6. The van der Waals surface area contributed by atoms with Gasteiger partial charge in [-0.2, -0.15) is 0 Å². The van der Waals surface area contributed by atoms with Gasteiger partial charge < -0.3 is 82.3 Å². The molecular weight excluding hydrogens is 1040 g/mol. The number of nitrogens with one attached hydrogen (secondary N) is 6. The minimum Gasteiger partial charge on any atom is -0.464 e. The van der Waals surface area contributed by atoms with Crippen LogP contribution >= 0.6 is 0 Å². The van der Waals surface area contributed by atoms with Crippen molar-refractivity contribution in [1.29, 1.82) is 0 Å². The Balaban J connectivity index is 1.09. The molecule has 0 aromatic rings. The van der Waals surface area contributed by atoms with E-state index in [1.807, 2.05) is 0 Å². The average molecular weight is 1120 g/mol. The lowest BCUT2D eigenvalue weighted by molar-refractivity contribution is -0.220. The van der Waals surface area contributed by atoms with Gasteiger partial charge in [-0.1, -0.05) is 0 Å². The highest BCUT2D eigenvalue weighted by Gasteiger charge is 2.60. The first-order chi connectivity index (χ1) is 36.5. The van der Waals surface area contributed by atoms with Gasteiger partial charge in [-0.15, -0.1) is 0 Å². The van der Waals surface area contributed by atoms with Crippen molar-refractivity contribution in [3.63, 3.8) is 0 Å². The fourth-order valence-corrected chi connectivity index (χ4v) is 9.61. The van der Waals surface area contributed by atoms with Crippen molar-refractivity contribution in [2.75, 3.05) is 34.5 Å². The smallest absolute Gasteiger partial charge is 0.407 e. The van der Waals surface area contributed by atoms with E-state index >= 15 is 0 Å². The Labute approximate surface area is 451 Å². The van der Waals surface area contributed by atoms with Gasteiger partial charge in [-0.25, -0.2) is 26.0 Å². The molecule has 30 heteroatoms. The van der Waals surface area contributed by atoms with Crippen LogP contribution in [0.25, 0.3) is 0 Å². The van der Waals surface area contributed by atoms with Crippen LogP contribution in [0.3, 0.4) is 0 Å². The topological polar surface area (TPSA) is 349 Å². The number of fused-ring (bicyclic) bond motifs is 3. The van der Waals surface area contributed by atoms with Crippen LogP contribution in [0.15, 0.2) is 0 Å². The highest BCUT2D eigenvalue weighted by Crippen LogP contribution is 2.42. The summed E-state index contributed by atoms with van der Waals surface area (Å²) in [6.07, 6.45) is -15.8. The van der Waals surface area contributed by atoms with E-state index in [0.29, 0.717) is 0 Å². The van der Waals surface area contributed by atoms with E-state index in [1.54, 1.807) is 69.2 Å². The van der Waals surface area contributed by atoms with Crippen LogP contribution in [0.4, 0.5) is 4.79 Å². The second-order valence-electron chi connectivity index (χ2n) is 21.6. The summed E-state index contributed by atoms with van der Waals surface area (Å²) in [5, 5.41) is 8.10. The molecule has 0 aromatic carbocycles. The van der Waals surface area contributed by atoms with Crippen LogP contribution in [-0.2, 0) is 110 Å². The predicted molar refractivity (Wildman–Crippen MR) is 257 cm³/mol. The van der Waals surface area contributed by atoms with Crippen molar-refractivity contribution in [1.82, 2.24) is 32.4 Å². The van der Waals surface area contributed by atoms with Gasteiger partial charge in [0.05, 0.1) is 44.0 Å². The molecule has 6 aliphatic rings. The molecule has 6 rings (SSSR count). The third kappa shape index (κ3) is 16.3. The van der Waals surface area contributed by atoms with Crippen molar-refractivity contribution in [2.45, 2.75) is 229 Å². The molecule has 0 unspecified atom stereocenters. The molecule has 6 fully saturated rings. The SMILES string of the molecule is CCOC(=O)CONC(=O)C[C@@H](NC(=O)[C@@H](C)ONC(=O)C[C@@H](NC(=O)[C@@H](C)ONC(=O)C[C@@H](NC(=O)OC(C)(C)C)[C@H]1O[C@@H]2OC(C)(C)O[C@@H]2[C@H]1OC)[C@H]1O[C@@H]2OC(C)(C)O[C@@H]2[C@H]1OC)[C@H]1O[C@@H]2OC(C)(C)O[C@@H]2[C@H]1OC. The molecule has 0 radical (unpaired) electrons. The lowest BCUT2D eigenvalue weighted by Crippen LogP contribution is -2.55. The number of carbonyl (C=O) groups excluding carboxylic acids is 7. The lowest BCUT2D eigenvalue weighted by atomic mass is 9.99. The zero-order chi connectivity index (χ0) is 57.7. The maximum Gasteiger partial charge on any atom is 0.407 e. The summed E-state index contributed by atoms with van der Waals surface area (Å²) in [4.78, 5) is 109. The third-order valence-electron chi connectivity index (χ3n) is 12.8. The standard InChI is InChI=1S/C48H78N6O24/c1-16-65-29(58)20-66-52-26(55)17-23(30-33(62-13)36-41(67-30)73-46(7,8)70-36)49-39(59)21(2)77-53-27(56)18-24(31-34(63-14)37-42(68-31)74-47(9,10)71-37)50-40(60)22(3)78-54-28(57)19-25(51-44(61)76-45(4,5)6)32-35(64-15)38-43(69-32)75-48(11,12)72-38/h21-25,30-38,41-43H,16-20H2,1-15H3,(H,49,59)(H,50,60)(H,51,61)(H,52,55)(H,53,56)(H,54,57)/t21-,22-,23-,24-,25-,30-,31-,32-,33+,34+,35+,36-,37-,38-,41-,42-,43-/m1/s1. The number of methoxy groups -OCH3 is 3. The first-order valence-corrected chi connectivity index (χ1v) is 25.6. The van der Waals surface area contributed by atoms with E-state index in [0.717, 1.165) is 0 Å². The van der Waals surface area contributed by atoms with Crippen molar-refractivity contribution in [3.05, 3.63) is 0 Å². The van der Waals surface area contributed by atoms with Crippen molar-refractivity contribution in [2.24, 2.45) is 0 Å². The molecular formula is C48H78N6O24. The first kappa shape index (κ1) is 62.7. The average Bonchev–Trinajstić information content (AvgIpc) is 4.18. The largest absolute Gasteiger partial charge is 0.464 e. The van der Waals surface area contributed by atoms with Crippen LogP contribution in [-0.4, -0.2) is 203 Å². The van der Waals surface area contributed by atoms with Gasteiger partial charge in [0.2, 0.25) is 17.7 Å². The molecule has 6 N–H and O–H groups in total. The molecule has 17 atom stereocenters. The number of hydrogen-bond acceptors (Lipinski definition) is 24. The van der Waals surface area contributed by atoms with Gasteiger partial charge >= 0.3 is 12.1 Å². The Morgan fingerprint density at radius 2 is 0.872 bits per heavy atom. The van der Waals surface area contributed by atoms with E-state index in [2.05, 4.69) is 32.4 Å². The molecule has 0 aromatic heterocycles. The zero-order valence-corrected chi connectivity index (χ0v) is 46.6. The fourth-order valence-electron chi connectivity index (χ4n) is 9.61. The van der Waals surface area contributed by atoms with Crippen molar-refractivity contribution < 1.29 is 114 Å². The summed E-state index contributed by atoms with van der Waals surface area (Å²) in [5.74, 6) is -7.86. The number of esters is 1. The highest BCUT2D eigenvalue weighted by atomic mass is 16.9. The van der Waals surface area contributed by atoms with Crippen LogP contribution in [0.1, 0.15) is 102 Å². The van der Waals surface area contributed by atoms with Crippen LogP contribution in [0, 0.1) is 0 Å². The summed E-state index contributed by atoms with van der Waals surface area (Å²) < 4.78 is 81.6. The maximum absolute atomic E-state index is 13.9. The van der Waals surface area contributed by atoms with E-state index in [9.17, 15) is 33.6 Å². The molecule has 6 aliphatic heterocycles. The van der Waals surface area contributed by atoms with E-state index in [1.165, 1.54) is 35.2 Å². The number of hydroxylamine groups is 3. The predicted octanol–water partition coefficient (Wildman–Crippen LogP) is -0.823. The van der Waals surface area contributed by atoms with Crippen molar-refractivity contribution in [3.8, 4) is 0 Å². The Bertz CT molecular complexity index is 2130. The molecule has 0 saturated carbocycles. The number of hydrogen-bond donors (Lipinski definition) is 6. The number of alkyl carbamates (subject to hydrolysis) is 1. The van der Waals surface area contributed by atoms with Gasteiger partial charge in [0.25, 0.3) is 11.8 Å². The van der Waals surface area contributed by atoms with Crippen LogP contribution in [0.2, 0.25) is 0 Å². The molecule has 78 heavy (non-hydrogen) atoms. The van der Waals surface area contributed by atoms with Crippen molar-refractivity contribution >= 4 is 41.6 Å². The molecule has 444 valence electrons. The third-order valence-corrected chi connectivity index (χ3v) is 12.8. The summed E-state index contributed by atoms with van der Waals surface area (Å²) in [6, 6.07) is -3.47. The quantitative estimate of drug-likeness (QED) is 0.0480. The van der Waals surface area contributed by atoms with E-state index in [4.69, 9.17) is 80.8 Å². The Morgan fingerprint density at radius 3 is 1.21 bits per heavy atom. The normalized spacial score (nSPS) is 32.0. The number of rotatable bonds is 25. The number of carbonyl (C=O) groups is 7. The summed E-state index contributed by atoms with van der Waals surface area (Å²) in [7, 11) is 4.21. The fraction of sp³-hybridized carbons (Fsp3) is 0.854. The van der Waals surface area contributed by atoms with Gasteiger partial charge in [0.1, 0.15) is 60.5 Å². The van der Waals surface area contributed by atoms with Gasteiger partial charge in [0.15, 0.2) is 55.0 Å². The minimum atomic E-state index is -1.43. The molecule has 6 saturated heterocycles. The number of amides is 6. The monoisotopic (exact) mass is 1120 g/mol. The zero-order valence-electron chi connectivity index (χ0n) is 46.6. The van der Waals surface area contributed by atoms with Crippen LogP contribution < -0.4 is 32.4 Å². The van der Waals surface area contributed by atoms with E-state index < -0.39 is 195 Å². The molecule has 0 spiro atoms. The Hall–Kier alpha value is -4.51. The first-order valence-electron chi connectivity index (χ1n) is 25.6. The van der Waals surface area contributed by atoms with Gasteiger partial charge in [0, 0.05) is 21.3 Å². The summed E-state index contributed by atoms with van der Waals surface area (Å²) in [5.41, 5.74) is 5.72. The Kier molecular flexibility index (Phi) is 20.9. The summed E-state index contributed by atoms with van der Waals surface area (Å²) >= 11 is 0. The highest BCUT2D eigenvalue weighted by molar-refractivity contribution is 5.84. The molecule has 30 nitrogen and oxygen atoms in total. The minimum absolute atomic E-state index is 0.0952. The number of ether oxygens (including phenoxy) is 14.